The van der Waals surface area contributed by atoms with Crippen LogP contribution in [0.1, 0.15) is 21.6 Å². The number of aryl methyl sites for hydroxylation is 2. The molecular formula is C16H17ClN4O4S. The second-order valence-corrected chi connectivity index (χ2v) is 7.79. The molecule has 10 heteroatoms. The van der Waals surface area contributed by atoms with Crippen molar-refractivity contribution in [3.8, 4) is 0 Å². The average molecular weight is 397 g/mol. The summed E-state index contributed by atoms with van der Waals surface area (Å²) in [5.74, 6) is -0.398. The Kier molecular flexibility index (Phi) is 5.24. The van der Waals surface area contributed by atoms with Gasteiger partial charge in [0.1, 0.15) is 0 Å². The Balaban J connectivity index is 0.00000243. The molecule has 8 nitrogen and oxygen atoms in total. The maximum atomic E-state index is 12.0. The first-order valence-corrected chi connectivity index (χ1v) is 9.19. The first kappa shape index (κ1) is 19.7. The molecule has 138 valence electrons. The van der Waals surface area contributed by atoms with Crippen LogP contribution in [-0.2, 0) is 9.84 Å². The second-order valence-electron chi connectivity index (χ2n) is 5.78. The van der Waals surface area contributed by atoms with E-state index in [-0.39, 0.29) is 22.9 Å². The number of nitrogens with two attached hydrogens (primary N) is 1. The van der Waals surface area contributed by atoms with Crippen LogP contribution in [0.5, 0.6) is 0 Å². The highest BCUT2D eigenvalue weighted by molar-refractivity contribution is 7.90. The molecular weight excluding hydrogens is 380 g/mol. The lowest BCUT2D eigenvalue weighted by Gasteiger charge is -2.13. The van der Waals surface area contributed by atoms with E-state index in [9.17, 15) is 13.2 Å². The lowest BCUT2D eigenvalue weighted by molar-refractivity contribution is 0.100. The van der Waals surface area contributed by atoms with Crippen LogP contribution in [0.3, 0.4) is 0 Å². The minimum Gasteiger partial charge on any atom is -0.365 e. The third-order valence-electron chi connectivity index (χ3n) is 3.71. The van der Waals surface area contributed by atoms with Gasteiger partial charge >= 0.3 is 0 Å². The Morgan fingerprint density at radius 1 is 1.23 bits per heavy atom. The minimum absolute atomic E-state index is 0. The van der Waals surface area contributed by atoms with E-state index in [0.717, 1.165) is 6.26 Å². The molecule has 0 spiro atoms. The van der Waals surface area contributed by atoms with Gasteiger partial charge in [0.25, 0.3) is 5.91 Å². The molecule has 3 rings (SSSR count). The van der Waals surface area contributed by atoms with Crippen LogP contribution in [0.4, 0.5) is 11.6 Å². The Morgan fingerprint density at radius 2 is 1.92 bits per heavy atom. The number of fused-ring (bicyclic) bond motifs is 1. The van der Waals surface area contributed by atoms with E-state index in [4.69, 9.17) is 10.3 Å². The van der Waals surface area contributed by atoms with Crippen molar-refractivity contribution in [3.63, 3.8) is 0 Å². The molecule has 0 aliphatic carbocycles. The zero-order valence-corrected chi connectivity index (χ0v) is 15.9. The molecule has 0 fully saturated rings. The van der Waals surface area contributed by atoms with Crippen LogP contribution in [0.25, 0.3) is 10.9 Å². The normalized spacial score (nSPS) is 11.2. The van der Waals surface area contributed by atoms with Gasteiger partial charge in [-0.1, -0.05) is 5.16 Å². The lowest BCUT2D eigenvalue weighted by atomic mass is 10.1. The van der Waals surface area contributed by atoms with Crippen LogP contribution >= 0.6 is 12.4 Å². The molecule has 0 aliphatic heterocycles. The second kappa shape index (κ2) is 6.93. The molecule has 3 N–H and O–H groups in total. The van der Waals surface area contributed by atoms with Crippen LogP contribution in [0, 0.1) is 13.8 Å². The highest BCUT2D eigenvalue weighted by Gasteiger charge is 2.19. The van der Waals surface area contributed by atoms with Gasteiger partial charge in [-0.2, -0.15) is 0 Å². The number of carbonyl (C=O) groups is 1. The number of benzene rings is 1. The highest BCUT2D eigenvalue weighted by Crippen LogP contribution is 2.32. The zero-order chi connectivity index (χ0) is 18.4. The summed E-state index contributed by atoms with van der Waals surface area (Å²) in [7, 11) is -3.44. The molecule has 0 atom stereocenters. The van der Waals surface area contributed by atoms with Gasteiger partial charge in [-0.25, -0.2) is 8.42 Å². The van der Waals surface area contributed by atoms with E-state index < -0.39 is 15.7 Å². The van der Waals surface area contributed by atoms with Crippen molar-refractivity contribution in [3.05, 3.63) is 41.2 Å². The lowest BCUT2D eigenvalue weighted by Crippen LogP contribution is -2.14. The van der Waals surface area contributed by atoms with E-state index in [1.54, 1.807) is 19.9 Å². The predicted octanol–water partition coefficient (Wildman–Crippen LogP) is 2.51. The Bertz CT molecular complexity index is 1110. The summed E-state index contributed by atoms with van der Waals surface area (Å²) in [5.41, 5.74) is 7.74. The number of amides is 1. The number of aromatic nitrogens is 2. The van der Waals surface area contributed by atoms with Gasteiger partial charge in [0.05, 0.1) is 27.4 Å². The number of halogens is 1. The number of hydrogen-bond donors (Lipinski definition) is 2. The zero-order valence-electron chi connectivity index (χ0n) is 14.2. The van der Waals surface area contributed by atoms with E-state index in [0.29, 0.717) is 33.7 Å². The number of pyridine rings is 1. The van der Waals surface area contributed by atoms with Gasteiger partial charge in [0.15, 0.2) is 9.84 Å². The molecule has 0 saturated carbocycles. The standard InChI is InChI=1S/C16H16N4O4S.ClH/c1-8-4-10(25(3,22)23)6-11-14(8)18-7-12(16(17)21)15(11)19-13-5-9(2)20-24-13;/h4-7H,1-3H3,(H2,17,21)(H,18,19);1H. The van der Waals surface area contributed by atoms with E-state index >= 15 is 0 Å². The molecule has 0 bridgehead atoms. The van der Waals surface area contributed by atoms with E-state index in [1.807, 2.05) is 0 Å². The van der Waals surface area contributed by atoms with E-state index in [1.165, 1.54) is 18.3 Å². The molecule has 26 heavy (non-hydrogen) atoms. The smallest absolute Gasteiger partial charge is 0.252 e. The predicted molar refractivity (Wildman–Crippen MR) is 99.9 cm³/mol. The average Bonchev–Trinajstić information content (AvgIpc) is 2.91. The summed E-state index contributed by atoms with van der Waals surface area (Å²) >= 11 is 0. The third kappa shape index (κ3) is 3.63. The molecule has 2 heterocycles. The number of nitrogens with zero attached hydrogens (tertiary/aromatic N) is 2. The van der Waals surface area contributed by atoms with Crippen molar-refractivity contribution in [2.75, 3.05) is 11.6 Å². The van der Waals surface area contributed by atoms with Gasteiger partial charge in [0, 0.05) is 23.9 Å². The van der Waals surface area contributed by atoms with Crippen molar-refractivity contribution < 1.29 is 17.7 Å². The maximum Gasteiger partial charge on any atom is 0.252 e. The summed E-state index contributed by atoms with van der Waals surface area (Å²) in [6, 6.07) is 4.64. The van der Waals surface area contributed by atoms with Crippen molar-refractivity contribution in [1.82, 2.24) is 10.1 Å². The highest BCUT2D eigenvalue weighted by atomic mass is 35.5. The van der Waals surface area contributed by atoms with Gasteiger partial charge in [-0.05, 0) is 31.5 Å². The first-order valence-electron chi connectivity index (χ1n) is 7.30. The molecule has 0 saturated heterocycles. The first-order chi connectivity index (χ1) is 11.7. The Hall–Kier alpha value is -2.65. The summed E-state index contributed by atoms with van der Waals surface area (Å²) in [6.45, 7) is 3.50. The summed E-state index contributed by atoms with van der Waals surface area (Å²) in [6.07, 6.45) is 2.47. The van der Waals surface area contributed by atoms with Gasteiger partial charge < -0.3 is 15.6 Å². The fraction of sp³-hybridized carbons (Fsp3) is 0.188. The molecule has 0 radical (unpaired) electrons. The molecule has 1 amide bonds. The van der Waals surface area contributed by atoms with Crippen LogP contribution in [-0.4, -0.2) is 30.7 Å². The quantitative estimate of drug-likeness (QED) is 0.693. The summed E-state index contributed by atoms with van der Waals surface area (Å²) < 4.78 is 29.0. The molecule has 0 aliphatic rings. The third-order valence-corrected chi connectivity index (χ3v) is 4.80. The Labute approximate surface area is 156 Å². The minimum atomic E-state index is -3.44. The number of rotatable bonds is 4. The SMILES string of the molecule is Cc1cc(Nc2c(C(N)=O)cnc3c(C)cc(S(C)(=O)=O)cc23)on1.Cl. The van der Waals surface area contributed by atoms with Gasteiger partial charge in [-0.15, -0.1) is 12.4 Å². The van der Waals surface area contributed by atoms with Crippen molar-refractivity contribution >= 4 is 50.6 Å². The number of anilines is 2. The topological polar surface area (TPSA) is 128 Å². The van der Waals surface area contributed by atoms with Gasteiger partial charge in [0.2, 0.25) is 5.88 Å². The van der Waals surface area contributed by atoms with Crippen molar-refractivity contribution in [2.24, 2.45) is 5.73 Å². The molecule has 2 aromatic heterocycles. The van der Waals surface area contributed by atoms with Crippen molar-refractivity contribution in [2.45, 2.75) is 18.7 Å². The maximum absolute atomic E-state index is 12.0. The Morgan fingerprint density at radius 3 is 2.46 bits per heavy atom. The fourth-order valence-electron chi connectivity index (χ4n) is 2.53. The fourth-order valence-corrected chi connectivity index (χ4v) is 3.25. The number of hydrogen-bond acceptors (Lipinski definition) is 7. The number of primary amides is 1. The van der Waals surface area contributed by atoms with Gasteiger partial charge in [-0.3, -0.25) is 9.78 Å². The number of nitrogens with one attached hydrogen (secondary N) is 1. The van der Waals surface area contributed by atoms with Crippen LogP contribution in [0.15, 0.2) is 33.8 Å². The molecule has 0 unspecified atom stereocenters. The monoisotopic (exact) mass is 396 g/mol. The molecule has 3 aromatic rings. The van der Waals surface area contributed by atoms with Crippen molar-refractivity contribution in [1.29, 1.82) is 0 Å². The largest absolute Gasteiger partial charge is 0.365 e. The number of sulfone groups is 1. The summed E-state index contributed by atoms with van der Waals surface area (Å²) in [5, 5.41) is 7.19. The summed E-state index contributed by atoms with van der Waals surface area (Å²) in [4.78, 5) is 16.2. The van der Waals surface area contributed by atoms with Crippen LogP contribution < -0.4 is 11.1 Å². The van der Waals surface area contributed by atoms with E-state index in [2.05, 4.69) is 15.5 Å². The number of carbonyl (C=O) groups excluding carboxylic acids is 1. The molecule has 1 aromatic carbocycles. The van der Waals surface area contributed by atoms with Crippen LogP contribution in [0.2, 0.25) is 0 Å².